The molecule has 0 radical (unpaired) electrons. The first kappa shape index (κ1) is 11.0. The van der Waals surface area contributed by atoms with E-state index in [2.05, 4.69) is 0 Å². The van der Waals surface area contributed by atoms with E-state index >= 15 is 0 Å². The fraction of sp³-hybridized carbons (Fsp3) is 0.455. The Morgan fingerprint density at radius 3 is 2.29 bits per heavy atom. The summed E-state index contributed by atoms with van der Waals surface area (Å²) < 4.78 is 29.8. The standard InChI is InChI=1S/C11H14F2O/c1-7(2)9-5-4-8(11(12)13)6-10(9)14-3/h4-7,11H,1-3H3. The van der Waals surface area contributed by atoms with Crippen LogP contribution in [-0.2, 0) is 0 Å². The van der Waals surface area contributed by atoms with Crippen molar-refractivity contribution >= 4 is 0 Å². The van der Waals surface area contributed by atoms with E-state index in [-0.39, 0.29) is 11.5 Å². The molecule has 0 N–H and O–H groups in total. The van der Waals surface area contributed by atoms with E-state index < -0.39 is 6.43 Å². The molecule has 0 atom stereocenters. The van der Waals surface area contributed by atoms with Gasteiger partial charge < -0.3 is 4.74 Å². The van der Waals surface area contributed by atoms with Gasteiger partial charge in [0.2, 0.25) is 0 Å². The molecule has 14 heavy (non-hydrogen) atoms. The molecule has 1 rings (SSSR count). The first-order valence-electron chi connectivity index (χ1n) is 4.52. The number of benzene rings is 1. The molecule has 0 unspecified atom stereocenters. The Balaban J connectivity index is 3.11. The molecular formula is C11H14F2O. The monoisotopic (exact) mass is 200 g/mol. The molecule has 78 valence electrons. The van der Waals surface area contributed by atoms with Crippen LogP contribution in [0.15, 0.2) is 18.2 Å². The zero-order valence-electron chi connectivity index (χ0n) is 8.55. The summed E-state index contributed by atoms with van der Waals surface area (Å²) in [5, 5.41) is 0. The molecule has 3 heteroatoms. The van der Waals surface area contributed by atoms with Crippen molar-refractivity contribution in [2.75, 3.05) is 7.11 Å². The highest BCUT2D eigenvalue weighted by Gasteiger charge is 2.12. The highest BCUT2D eigenvalue weighted by atomic mass is 19.3. The number of rotatable bonds is 3. The van der Waals surface area contributed by atoms with Crippen LogP contribution in [-0.4, -0.2) is 7.11 Å². The minimum absolute atomic E-state index is 0.00579. The van der Waals surface area contributed by atoms with Gasteiger partial charge >= 0.3 is 0 Å². The van der Waals surface area contributed by atoms with Crippen LogP contribution in [0.25, 0.3) is 0 Å². The van der Waals surface area contributed by atoms with Crippen LogP contribution in [0.2, 0.25) is 0 Å². The summed E-state index contributed by atoms with van der Waals surface area (Å²) >= 11 is 0. The second-order valence-corrected chi connectivity index (χ2v) is 3.46. The molecular weight excluding hydrogens is 186 g/mol. The zero-order valence-corrected chi connectivity index (χ0v) is 8.55. The van der Waals surface area contributed by atoms with Gasteiger partial charge in [0.15, 0.2) is 0 Å². The lowest BCUT2D eigenvalue weighted by atomic mass is 10.0. The summed E-state index contributed by atoms with van der Waals surface area (Å²) in [7, 11) is 1.50. The Labute approximate surface area is 82.7 Å². The predicted molar refractivity (Wildman–Crippen MR) is 52.0 cm³/mol. The van der Waals surface area contributed by atoms with Crippen molar-refractivity contribution in [2.24, 2.45) is 0 Å². The van der Waals surface area contributed by atoms with Crippen LogP contribution < -0.4 is 4.74 Å². The predicted octanol–water partition coefficient (Wildman–Crippen LogP) is 3.76. The Bertz CT molecular complexity index is 308. The van der Waals surface area contributed by atoms with Crippen LogP contribution in [0.5, 0.6) is 5.75 Å². The van der Waals surface area contributed by atoms with Crippen molar-refractivity contribution in [1.29, 1.82) is 0 Å². The molecule has 1 aromatic carbocycles. The lowest BCUT2D eigenvalue weighted by molar-refractivity contribution is 0.151. The molecule has 1 aromatic rings. The molecule has 0 aromatic heterocycles. The second kappa shape index (κ2) is 4.40. The van der Waals surface area contributed by atoms with Gasteiger partial charge in [-0.05, 0) is 17.5 Å². The van der Waals surface area contributed by atoms with Gasteiger partial charge in [0, 0.05) is 5.56 Å². The van der Waals surface area contributed by atoms with Gasteiger partial charge in [-0.25, -0.2) is 8.78 Å². The van der Waals surface area contributed by atoms with E-state index in [1.165, 1.54) is 19.2 Å². The van der Waals surface area contributed by atoms with Crippen molar-refractivity contribution in [1.82, 2.24) is 0 Å². The molecule has 0 amide bonds. The van der Waals surface area contributed by atoms with Gasteiger partial charge in [0.05, 0.1) is 7.11 Å². The van der Waals surface area contributed by atoms with Gasteiger partial charge in [0.25, 0.3) is 6.43 Å². The van der Waals surface area contributed by atoms with Crippen molar-refractivity contribution in [2.45, 2.75) is 26.2 Å². The van der Waals surface area contributed by atoms with Gasteiger partial charge in [-0.1, -0.05) is 26.0 Å². The fourth-order valence-electron chi connectivity index (χ4n) is 1.34. The van der Waals surface area contributed by atoms with Crippen LogP contribution in [0.4, 0.5) is 8.78 Å². The van der Waals surface area contributed by atoms with Crippen molar-refractivity contribution in [3.05, 3.63) is 29.3 Å². The van der Waals surface area contributed by atoms with Crippen molar-refractivity contribution < 1.29 is 13.5 Å². The summed E-state index contributed by atoms with van der Waals surface area (Å²) in [5.41, 5.74) is 0.961. The van der Waals surface area contributed by atoms with Gasteiger partial charge in [-0.3, -0.25) is 0 Å². The number of halogens is 2. The van der Waals surface area contributed by atoms with Crippen LogP contribution in [0, 0.1) is 0 Å². The average Bonchev–Trinajstić information content (AvgIpc) is 2.16. The molecule has 0 saturated heterocycles. The molecule has 0 fully saturated rings. The lowest BCUT2D eigenvalue weighted by Gasteiger charge is -2.12. The maximum absolute atomic E-state index is 12.4. The van der Waals surface area contributed by atoms with Crippen molar-refractivity contribution in [3.8, 4) is 5.75 Å². The Kier molecular flexibility index (Phi) is 3.44. The maximum atomic E-state index is 12.4. The Hall–Kier alpha value is -1.12. The minimum atomic E-state index is -2.44. The SMILES string of the molecule is COc1cc(C(F)F)ccc1C(C)C. The third-order valence-electron chi connectivity index (χ3n) is 2.13. The summed E-state index contributed by atoms with van der Waals surface area (Å²) in [6, 6.07) is 4.55. The van der Waals surface area contributed by atoms with E-state index in [4.69, 9.17) is 4.74 Å². The summed E-state index contributed by atoms with van der Waals surface area (Å²) in [6.45, 7) is 4.00. The summed E-state index contributed by atoms with van der Waals surface area (Å²) in [4.78, 5) is 0. The number of hydrogen-bond donors (Lipinski definition) is 0. The third-order valence-corrected chi connectivity index (χ3v) is 2.13. The average molecular weight is 200 g/mol. The number of hydrogen-bond acceptors (Lipinski definition) is 1. The highest BCUT2D eigenvalue weighted by molar-refractivity contribution is 5.39. The van der Waals surface area contributed by atoms with E-state index in [0.717, 1.165) is 5.56 Å². The lowest BCUT2D eigenvalue weighted by Crippen LogP contribution is -1.96. The van der Waals surface area contributed by atoms with E-state index in [1.807, 2.05) is 13.8 Å². The summed E-state index contributed by atoms with van der Waals surface area (Å²) in [6.07, 6.45) is -2.44. The van der Waals surface area contributed by atoms with Gasteiger partial charge in [-0.2, -0.15) is 0 Å². The molecule has 0 saturated carbocycles. The van der Waals surface area contributed by atoms with Gasteiger partial charge in [-0.15, -0.1) is 0 Å². The second-order valence-electron chi connectivity index (χ2n) is 3.46. The van der Waals surface area contributed by atoms with Crippen LogP contribution in [0.1, 0.15) is 37.3 Å². The smallest absolute Gasteiger partial charge is 0.263 e. The number of ether oxygens (including phenoxy) is 1. The molecule has 0 aliphatic carbocycles. The fourth-order valence-corrected chi connectivity index (χ4v) is 1.34. The zero-order chi connectivity index (χ0) is 10.7. The van der Waals surface area contributed by atoms with Crippen molar-refractivity contribution in [3.63, 3.8) is 0 Å². The van der Waals surface area contributed by atoms with Gasteiger partial charge in [0.1, 0.15) is 5.75 Å². The molecule has 0 aliphatic rings. The normalized spacial score (nSPS) is 11.1. The maximum Gasteiger partial charge on any atom is 0.263 e. The Morgan fingerprint density at radius 2 is 1.86 bits per heavy atom. The topological polar surface area (TPSA) is 9.23 Å². The van der Waals surface area contributed by atoms with Crippen LogP contribution in [0.3, 0.4) is 0 Å². The first-order valence-corrected chi connectivity index (χ1v) is 4.52. The molecule has 0 spiro atoms. The van der Waals surface area contributed by atoms with E-state index in [0.29, 0.717) is 5.75 Å². The van der Waals surface area contributed by atoms with E-state index in [1.54, 1.807) is 6.07 Å². The van der Waals surface area contributed by atoms with Crippen LogP contribution >= 0.6 is 0 Å². The molecule has 1 nitrogen and oxygen atoms in total. The first-order chi connectivity index (χ1) is 6.56. The summed E-state index contributed by atoms with van der Waals surface area (Å²) in [5.74, 6) is 0.814. The quantitative estimate of drug-likeness (QED) is 0.721. The number of alkyl halides is 2. The molecule has 0 heterocycles. The Morgan fingerprint density at radius 1 is 1.21 bits per heavy atom. The third kappa shape index (κ3) is 2.22. The minimum Gasteiger partial charge on any atom is -0.496 e. The molecule has 0 aliphatic heterocycles. The molecule has 0 bridgehead atoms. The van der Waals surface area contributed by atoms with E-state index in [9.17, 15) is 8.78 Å². The number of methoxy groups -OCH3 is 1. The largest absolute Gasteiger partial charge is 0.496 e. The highest BCUT2D eigenvalue weighted by Crippen LogP contribution is 2.30.